The van der Waals surface area contributed by atoms with Crippen LogP contribution in [-0.2, 0) is 9.53 Å². The van der Waals surface area contributed by atoms with Crippen LogP contribution >= 0.6 is 0 Å². The third-order valence-corrected chi connectivity index (χ3v) is 2.84. The number of hydrogen-bond donors (Lipinski definition) is 1. The van der Waals surface area contributed by atoms with Gasteiger partial charge < -0.3 is 19.5 Å². The number of rotatable bonds is 10. The average Bonchev–Trinajstić information content (AvgIpc) is 2.46. The van der Waals surface area contributed by atoms with E-state index in [2.05, 4.69) is 4.90 Å². The van der Waals surface area contributed by atoms with Gasteiger partial charge in [-0.25, -0.2) is 4.79 Å². The minimum atomic E-state index is -0.961. The molecular formula is C16H23NO4. The second-order valence-corrected chi connectivity index (χ2v) is 4.59. The predicted molar refractivity (Wildman–Crippen MR) is 82.6 cm³/mol. The molecule has 1 rings (SSSR count). The molecule has 0 amide bonds. The highest BCUT2D eigenvalue weighted by molar-refractivity contribution is 5.85. The van der Waals surface area contributed by atoms with Crippen molar-refractivity contribution in [3.8, 4) is 5.75 Å². The van der Waals surface area contributed by atoms with Gasteiger partial charge in [-0.15, -0.1) is 0 Å². The van der Waals surface area contributed by atoms with Gasteiger partial charge in [0.2, 0.25) is 0 Å². The third kappa shape index (κ3) is 8.12. The van der Waals surface area contributed by atoms with E-state index in [0.717, 1.165) is 43.7 Å². The van der Waals surface area contributed by atoms with E-state index in [1.807, 2.05) is 38.2 Å². The monoisotopic (exact) mass is 293 g/mol. The van der Waals surface area contributed by atoms with E-state index in [-0.39, 0.29) is 0 Å². The summed E-state index contributed by atoms with van der Waals surface area (Å²) in [4.78, 5) is 12.6. The maximum Gasteiger partial charge on any atom is 0.328 e. The summed E-state index contributed by atoms with van der Waals surface area (Å²) in [6, 6.07) is 7.36. The maximum atomic E-state index is 10.5. The molecule has 0 fully saturated rings. The number of aliphatic carboxylic acids is 1. The van der Waals surface area contributed by atoms with Crippen LogP contribution in [0.25, 0.3) is 6.08 Å². The molecule has 1 N–H and O–H groups in total. The van der Waals surface area contributed by atoms with Gasteiger partial charge in [-0.2, -0.15) is 0 Å². The van der Waals surface area contributed by atoms with Crippen molar-refractivity contribution in [1.29, 1.82) is 0 Å². The van der Waals surface area contributed by atoms with Crippen molar-refractivity contribution in [2.24, 2.45) is 0 Å². The Hall–Kier alpha value is -1.85. The van der Waals surface area contributed by atoms with Crippen molar-refractivity contribution in [2.75, 3.05) is 40.0 Å². The molecule has 0 aliphatic heterocycles. The van der Waals surface area contributed by atoms with Crippen LogP contribution in [-0.4, -0.2) is 55.9 Å². The zero-order valence-corrected chi connectivity index (χ0v) is 12.6. The number of carbonyl (C=O) groups is 1. The van der Waals surface area contributed by atoms with Gasteiger partial charge in [0, 0.05) is 25.8 Å². The van der Waals surface area contributed by atoms with Crippen LogP contribution in [0.3, 0.4) is 0 Å². The van der Waals surface area contributed by atoms with E-state index in [4.69, 9.17) is 14.6 Å². The normalized spacial score (nSPS) is 11.2. The van der Waals surface area contributed by atoms with Gasteiger partial charge in [-0.05, 0) is 37.7 Å². The van der Waals surface area contributed by atoms with Gasteiger partial charge in [0.05, 0.1) is 6.61 Å². The summed E-state index contributed by atoms with van der Waals surface area (Å²) in [5, 5.41) is 8.60. The molecule has 1 aromatic carbocycles. The summed E-state index contributed by atoms with van der Waals surface area (Å²) in [6.07, 6.45) is 2.66. The van der Waals surface area contributed by atoms with Gasteiger partial charge in [-0.1, -0.05) is 12.1 Å². The van der Waals surface area contributed by atoms with Crippen molar-refractivity contribution in [2.45, 2.75) is 6.92 Å². The van der Waals surface area contributed by atoms with E-state index in [9.17, 15) is 4.79 Å². The molecule has 0 aliphatic carbocycles. The number of carboxylic acid groups (broad SMARTS) is 1. The standard InChI is InChI=1S/C16H23NO4/c1-3-20-11-9-17(2)10-12-21-15-6-4-5-14(13-15)7-8-16(18)19/h4-8,13H,3,9-12H2,1-2H3,(H,18,19)/b8-7+. The first-order chi connectivity index (χ1) is 10.1. The van der Waals surface area contributed by atoms with Crippen molar-refractivity contribution < 1.29 is 19.4 Å². The first-order valence-corrected chi connectivity index (χ1v) is 7.02. The fourth-order valence-electron chi connectivity index (χ4n) is 1.67. The lowest BCUT2D eigenvalue weighted by Crippen LogP contribution is -2.27. The molecule has 5 heteroatoms. The lowest BCUT2D eigenvalue weighted by Gasteiger charge is -2.16. The Labute approximate surface area is 125 Å². The highest BCUT2D eigenvalue weighted by Crippen LogP contribution is 2.14. The van der Waals surface area contributed by atoms with Gasteiger partial charge in [-0.3, -0.25) is 0 Å². The Bertz CT molecular complexity index is 459. The SMILES string of the molecule is CCOCCN(C)CCOc1cccc(/C=C/C(=O)O)c1. The molecule has 0 spiro atoms. The number of hydrogen-bond acceptors (Lipinski definition) is 4. The molecule has 0 atom stereocenters. The molecular weight excluding hydrogens is 270 g/mol. The largest absolute Gasteiger partial charge is 0.492 e. The fourth-order valence-corrected chi connectivity index (χ4v) is 1.67. The molecule has 0 aromatic heterocycles. The van der Waals surface area contributed by atoms with Crippen LogP contribution in [0.2, 0.25) is 0 Å². The highest BCUT2D eigenvalue weighted by atomic mass is 16.5. The summed E-state index contributed by atoms with van der Waals surface area (Å²) >= 11 is 0. The zero-order valence-electron chi connectivity index (χ0n) is 12.6. The van der Waals surface area contributed by atoms with Crippen LogP contribution in [0.4, 0.5) is 0 Å². The van der Waals surface area contributed by atoms with Crippen LogP contribution in [0, 0.1) is 0 Å². The van der Waals surface area contributed by atoms with Crippen molar-refractivity contribution in [3.63, 3.8) is 0 Å². The second-order valence-electron chi connectivity index (χ2n) is 4.59. The van der Waals surface area contributed by atoms with Gasteiger partial charge in [0.15, 0.2) is 0 Å². The number of carboxylic acids is 1. The molecule has 0 unspecified atom stereocenters. The van der Waals surface area contributed by atoms with E-state index in [0.29, 0.717) is 6.61 Å². The minimum absolute atomic E-state index is 0.578. The fraction of sp³-hybridized carbons (Fsp3) is 0.438. The molecule has 1 aromatic rings. The molecule has 0 radical (unpaired) electrons. The Balaban J connectivity index is 2.35. The Morgan fingerprint density at radius 3 is 2.81 bits per heavy atom. The Kier molecular flexibility index (Phi) is 8.16. The molecule has 0 heterocycles. The molecule has 0 bridgehead atoms. The van der Waals surface area contributed by atoms with E-state index in [1.54, 1.807) is 6.08 Å². The van der Waals surface area contributed by atoms with Crippen LogP contribution in [0.5, 0.6) is 5.75 Å². The van der Waals surface area contributed by atoms with Crippen LogP contribution in [0.15, 0.2) is 30.3 Å². The lowest BCUT2D eigenvalue weighted by atomic mass is 10.2. The van der Waals surface area contributed by atoms with E-state index >= 15 is 0 Å². The Morgan fingerprint density at radius 1 is 1.33 bits per heavy atom. The summed E-state index contributed by atoms with van der Waals surface area (Å²) in [5.41, 5.74) is 0.805. The minimum Gasteiger partial charge on any atom is -0.492 e. The van der Waals surface area contributed by atoms with Crippen LogP contribution < -0.4 is 4.74 Å². The van der Waals surface area contributed by atoms with Gasteiger partial charge in [0.25, 0.3) is 0 Å². The average molecular weight is 293 g/mol. The zero-order chi connectivity index (χ0) is 15.5. The van der Waals surface area contributed by atoms with Crippen molar-refractivity contribution in [3.05, 3.63) is 35.9 Å². The van der Waals surface area contributed by atoms with Gasteiger partial charge in [0.1, 0.15) is 12.4 Å². The number of benzene rings is 1. The number of nitrogens with zero attached hydrogens (tertiary/aromatic N) is 1. The Morgan fingerprint density at radius 2 is 2.10 bits per heavy atom. The summed E-state index contributed by atoms with van der Waals surface area (Å²) in [5.74, 6) is -0.224. The van der Waals surface area contributed by atoms with Gasteiger partial charge >= 0.3 is 5.97 Å². The smallest absolute Gasteiger partial charge is 0.328 e. The second kappa shape index (κ2) is 9.96. The summed E-state index contributed by atoms with van der Waals surface area (Å²) in [6.45, 7) is 5.70. The first kappa shape index (κ1) is 17.2. The number of likely N-dealkylation sites (N-methyl/N-ethyl adjacent to an activating group) is 1. The molecule has 0 aliphatic rings. The predicted octanol–water partition coefficient (Wildman–Crippen LogP) is 2.13. The molecule has 21 heavy (non-hydrogen) atoms. The summed E-state index contributed by atoms with van der Waals surface area (Å²) < 4.78 is 11.0. The topological polar surface area (TPSA) is 59.0 Å². The molecule has 5 nitrogen and oxygen atoms in total. The summed E-state index contributed by atoms with van der Waals surface area (Å²) in [7, 11) is 2.02. The van der Waals surface area contributed by atoms with Crippen molar-refractivity contribution in [1.82, 2.24) is 4.90 Å². The first-order valence-electron chi connectivity index (χ1n) is 7.02. The molecule has 116 valence electrons. The maximum absolute atomic E-state index is 10.5. The molecule has 0 saturated carbocycles. The lowest BCUT2D eigenvalue weighted by molar-refractivity contribution is -0.131. The van der Waals surface area contributed by atoms with E-state index in [1.165, 1.54) is 0 Å². The quantitative estimate of drug-likeness (QED) is 0.529. The van der Waals surface area contributed by atoms with Crippen LogP contribution in [0.1, 0.15) is 12.5 Å². The molecule has 0 saturated heterocycles. The third-order valence-electron chi connectivity index (χ3n) is 2.84. The van der Waals surface area contributed by atoms with Crippen molar-refractivity contribution >= 4 is 12.0 Å². The number of ether oxygens (including phenoxy) is 2. The van der Waals surface area contributed by atoms with E-state index < -0.39 is 5.97 Å². The highest BCUT2D eigenvalue weighted by Gasteiger charge is 2.00.